The number of aryl methyl sites for hydroxylation is 3. The second-order valence-corrected chi connectivity index (χ2v) is 6.69. The van der Waals surface area contributed by atoms with Crippen LogP contribution in [0.3, 0.4) is 0 Å². The van der Waals surface area contributed by atoms with Crippen LogP contribution in [0, 0.1) is 13.8 Å². The van der Waals surface area contributed by atoms with Gasteiger partial charge in [0.15, 0.2) is 5.96 Å². The van der Waals surface area contributed by atoms with Crippen LogP contribution in [0.25, 0.3) is 0 Å². The van der Waals surface area contributed by atoms with Crippen LogP contribution in [0.15, 0.2) is 11.1 Å². The highest BCUT2D eigenvalue weighted by Gasteiger charge is 2.28. The number of methoxy groups -OCH3 is 1. The zero-order valence-corrected chi connectivity index (χ0v) is 16.2. The molecule has 1 aromatic heterocycles. The number of rotatable bonds is 11. The van der Waals surface area contributed by atoms with E-state index in [2.05, 4.69) is 43.3 Å². The summed E-state index contributed by atoms with van der Waals surface area (Å²) in [7, 11) is 3.58. The van der Waals surface area contributed by atoms with Crippen LogP contribution >= 0.6 is 0 Å². The van der Waals surface area contributed by atoms with Crippen molar-refractivity contribution in [3.05, 3.63) is 17.5 Å². The highest BCUT2D eigenvalue weighted by Crippen LogP contribution is 2.25. The highest BCUT2D eigenvalue weighted by atomic mass is 16.5. The maximum Gasteiger partial charge on any atom is 0.191 e. The minimum atomic E-state index is 0.757. The second kappa shape index (κ2) is 10.4. The Kier molecular flexibility index (Phi) is 8.21. The number of aliphatic imine (C=N–C) groups is 1. The summed E-state index contributed by atoms with van der Waals surface area (Å²) >= 11 is 0. The molecule has 1 heterocycles. The fourth-order valence-corrected chi connectivity index (χ4v) is 3.00. The molecule has 0 unspecified atom stereocenters. The molecule has 1 fully saturated rings. The van der Waals surface area contributed by atoms with Gasteiger partial charge in [0, 0.05) is 58.6 Å². The van der Waals surface area contributed by atoms with Gasteiger partial charge in [-0.25, -0.2) is 0 Å². The third-order valence-corrected chi connectivity index (χ3v) is 4.50. The first-order chi connectivity index (χ1) is 12.1. The molecule has 142 valence electrons. The average molecular weight is 351 g/mol. The zero-order valence-electron chi connectivity index (χ0n) is 16.2. The van der Waals surface area contributed by atoms with E-state index in [4.69, 9.17) is 4.74 Å². The summed E-state index contributed by atoms with van der Waals surface area (Å²) in [6, 6.07) is 2.87. The Hall–Kier alpha value is -1.60. The lowest BCUT2D eigenvalue weighted by Gasteiger charge is -2.22. The molecule has 2 N–H and O–H groups in total. The molecule has 0 bridgehead atoms. The molecular weight excluding hydrogens is 316 g/mol. The van der Waals surface area contributed by atoms with Crippen LogP contribution in [-0.2, 0) is 11.3 Å². The number of hydrogen-bond donors (Lipinski definition) is 2. The summed E-state index contributed by atoms with van der Waals surface area (Å²) in [5.41, 5.74) is 2.30. The molecule has 0 saturated heterocycles. The van der Waals surface area contributed by atoms with E-state index in [-0.39, 0.29) is 0 Å². The minimum Gasteiger partial charge on any atom is -0.383 e. The second-order valence-electron chi connectivity index (χ2n) is 6.69. The molecule has 0 atom stereocenters. The van der Waals surface area contributed by atoms with E-state index in [1.165, 1.54) is 18.5 Å². The van der Waals surface area contributed by atoms with Gasteiger partial charge in [-0.15, -0.1) is 0 Å². The highest BCUT2D eigenvalue weighted by molar-refractivity contribution is 5.79. The average Bonchev–Trinajstić information content (AvgIpc) is 3.38. The SMILES string of the molecule is CN=C(NCCCn1nc(C)cc1C)NCCN(CCOC)C1CC1. The van der Waals surface area contributed by atoms with Crippen LogP contribution in [-0.4, -0.2) is 73.6 Å². The maximum absolute atomic E-state index is 5.21. The van der Waals surface area contributed by atoms with Crippen LogP contribution < -0.4 is 10.6 Å². The van der Waals surface area contributed by atoms with Gasteiger partial charge in [-0.05, 0) is 39.2 Å². The largest absolute Gasteiger partial charge is 0.383 e. The van der Waals surface area contributed by atoms with E-state index in [1.54, 1.807) is 7.11 Å². The van der Waals surface area contributed by atoms with Gasteiger partial charge in [-0.2, -0.15) is 5.10 Å². The molecule has 25 heavy (non-hydrogen) atoms. The minimum absolute atomic E-state index is 0.757. The van der Waals surface area contributed by atoms with Crippen LogP contribution in [0.5, 0.6) is 0 Å². The van der Waals surface area contributed by atoms with Gasteiger partial charge in [0.25, 0.3) is 0 Å². The first-order valence-corrected chi connectivity index (χ1v) is 9.32. The summed E-state index contributed by atoms with van der Waals surface area (Å²) in [6.07, 6.45) is 3.66. The quantitative estimate of drug-likeness (QED) is 0.356. The van der Waals surface area contributed by atoms with Crippen molar-refractivity contribution in [1.82, 2.24) is 25.3 Å². The smallest absolute Gasteiger partial charge is 0.191 e. The van der Waals surface area contributed by atoms with Crippen molar-refractivity contribution in [1.29, 1.82) is 0 Å². The van der Waals surface area contributed by atoms with E-state index in [0.717, 1.165) is 63.4 Å². The molecule has 0 spiro atoms. The Balaban J connectivity index is 1.60. The Morgan fingerprint density at radius 2 is 2.08 bits per heavy atom. The molecule has 0 aliphatic heterocycles. The van der Waals surface area contributed by atoms with Crippen molar-refractivity contribution in [2.75, 3.05) is 46.9 Å². The maximum atomic E-state index is 5.21. The Bertz CT molecular complexity index is 538. The van der Waals surface area contributed by atoms with E-state index in [0.29, 0.717) is 0 Å². The number of hydrogen-bond acceptors (Lipinski definition) is 4. The van der Waals surface area contributed by atoms with Crippen molar-refractivity contribution < 1.29 is 4.74 Å². The molecule has 7 heteroatoms. The third-order valence-electron chi connectivity index (χ3n) is 4.50. The molecule has 7 nitrogen and oxygen atoms in total. The molecule has 2 rings (SSSR count). The molecule has 0 amide bonds. The van der Waals surface area contributed by atoms with E-state index in [1.807, 2.05) is 14.0 Å². The fourth-order valence-electron chi connectivity index (χ4n) is 3.00. The van der Waals surface area contributed by atoms with Gasteiger partial charge in [-0.1, -0.05) is 0 Å². The molecule has 1 aliphatic carbocycles. The van der Waals surface area contributed by atoms with Gasteiger partial charge in [-0.3, -0.25) is 14.6 Å². The van der Waals surface area contributed by atoms with Crippen molar-refractivity contribution in [2.24, 2.45) is 4.99 Å². The Morgan fingerprint density at radius 3 is 2.68 bits per heavy atom. The number of aromatic nitrogens is 2. The molecule has 1 saturated carbocycles. The summed E-state index contributed by atoms with van der Waals surface area (Å²) in [5.74, 6) is 0.871. The van der Waals surface area contributed by atoms with Crippen LogP contribution in [0.1, 0.15) is 30.7 Å². The van der Waals surface area contributed by atoms with Crippen molar-refractivity contribution in [2.45, 2.75) is 45.7 Å². The first-order valence-electron chi connectivity index (χ1n) is 9.32. The third kappa shape index (κ3) is 7.04. The molecule has 0 aromatic carbocycles. The standard InChI is InChI=1S/C18H34N6O/c1-15-14-16(2)24(22-15)10-5-8-20-18(19-3)21-9-11-23(12-13-25-4)17-6-7-17/h14,17H,5-13H2,1-4H3,(H2,19,20,21). The van der Waals surface area contributed by atoms with E-state index >= 15 is 0 Å². The summed E-state index contributed by atoms with van der Waals surface area (Å²) in [4.78, 5) is 6.81. The Morgan fingerprint density at radius 1 is 1.32 bits per heavy atom. The molecule has 1 aliphatic rings. The normalized spacial score (nSPS) is 15.0. The predicted molar refractivity (Wildman–Crippen MR) is 102 cm³/mol. The summed E-state index contributed by atoms with van der Waals surface area (Å²) < 4.78 is 7.27. The predicted octanol–water partition coefficient (Wildman–Crippen LogP) is 1.17. The lowest BCUT2D eigenvalue weighted by molar-refractivity contribution is 0.144. The van der Waals surface area contributed by atoms with Gasteiger partial charge >= 0.3 is 0 Å². The number of guanidine groups is 1. The monoisotopic (exact) mass is 350 g/mol. The van der Waals surface area contributed by atoms with E-state index < -0.39 is 0 Å². The number of nitrogens with zero attached hydrogens (tertiary/aromatic N) is 4. The fraction of sp³-hybridized carbons (Fsp3) is 0.778. The molecule has 0 radical (unpaired) electrons. The van der Waals surface area contributed by atoms with Crippen LogP contribution in [0.2, 0.25) is 0 Å². The number of nitrogens with one attached hydrogen (secondary N) is 2. The van der Waals surface area contributed by atoms with E-state index in [9.17, 15) is 0 Å². The first kappa shape index (κ1) is 19.7. The van der Waals surface area contributed by atoms with Gasteiger partial charge < -0.3 is 15.4 Å². The van der Waals surface area contributed by atoms with Crippen molar-refractivity contribution in [3.63, 3.8) is 0 Å². The molecule has 1 aromatic rings. The topological polar surface area (TPSA) is 66.7 Å². The number of ether oxygens (including phenoxy) is 1. The lowest BCUT2D eigenvalue weighted by Crippen LogP contribution is -2.43. The van der Waals surface area contributed by atoms with Gasteiger partial charge in [0.1, 0.15) is 0 Å². The zero-order chi connectivity index (χ0) is 18.1. The van der Waals surface area contributed by atoms with Gasteiger partial charge in [0.05, 0.1) is 12.3 Å². The van der Waals surface area contributed by atoms with Crippen molar-refractivity contribution in [3.8, 4) is 0 Å². The molecular formula is C18H34N6O. The summed E-state index contributed by atoms with van der Waals surface area (Å²) in [6.45, 7) is 9.68. The van der Waals surface area contributed by atoms with Crippen LogP contribution in [0.4, 0.5) is 0 Å². The Labute approximate surface area is 151 Å². The lowest BCUT2D eigenvalue weighted by atomic mass is 10.4. The summed E-state index contributed by atoms with van der Waals surface area (Å²) in [5, 5.41) is 11.3. The van der Waals surface area contributed by atoms with Crippen molar-refractivity contribution >= 4 is 5.96 Å². The van der Waals surface area contributed by atoms with Gasteiger partial charge in [0.2, 0.25) is 0 Å².